The van der Waals surface area contributed by atoms with Crippen molar-refractivity contribution in [3.63, 3.8) is 0 Å². The van der Waals surface area contributed by atoms with Crippen LogP contribution in [0.4, 0.5) is 0 Å². The van der Waals surface area contributed by atoms with Gasteiger partial charge in [0.1, 0.15) is 0 Å². The van der Waals surface area contributed by atoms with Gasteiger partial charge in [-0.05, 0) is 30.7 Å². The summed E-state index contributed by atoms with van der Waals surface area (Å²) >= 11 is 0. The first-order valence-electron chi connectivity index (χ1n) is 6.00. The van der Waals surface area contributed by atoms with Gasteiger partial charge in [0.25, 0.3) is 0 Å². The molecule has 0 aliphatic heterocycles. The molecule has 3 heteroatoms. The van der Waals surface area contributed by atoms with Gasteiger partial charge in [-0.15, -0.1) is 0 Å². The number of quaternary nitrogens is 1. The maximum atomic E-state index is 9.26. The summed E-state index contributed by atoms with van der Waals surface area (Å²) in [5.41, 5.74) is 0. The fourth-order valence-corrected chi connectivity index (χ4v) is 1.54. The van der Waals surface area contributed by atoms with Gasteiger partial charge in [0.15, 0.2) is 0 Å². The number of hydrogen-bond donors (Lipinski definition) is 0. The third-order valence-electron chi connectivity index (χ3n) is 2.35. The van der Waals surface area contributed by atoms with Crippen LogP contribution in [-0.2, 0) is 4.79 Å². The quantitative estimate of drug-likeness (QED) is 0.462. The second-order valence-corrected chi connectivity index (χ2v) is 3.95. The first-order valence-corrected chi connectivity index (χ1v) is 6.00. The van der Waals surface area contributed by atoms with Gasteiger partial charge in [0, 0.05) is 5.97 Å². The minimum absolute atomic E-state index is 0.111. The van der Waals surface area contributed by atoms with E-state index in [2.05, 4.69) is 26.3 Å². The van der Waals surface area contributed by atoms with Crippen molar-refractivity contribution in [3.8, 4) is 0 Å². The molecule has 0 amide bonds. The first kappa shape index (κ1) is 18.7. The van der Waals surface area contributed by atoms with Crippen LogP contribution in [0.1, 0.15) is 13.3 Å². The summed E-state index contributed by atoms with van der Waals surface area (Å²) in [7, 11) is 0. The average Bonchev–Trinajstić information content (AvgIpc) is 2.31. The van der Waals surface area contributed by atoms with Crippen LogP contribution in [-0.4, -0.2) is 36.6 Å². The number of hydrogen-bond acceptors (Lipinski definition) is 2. The number of carboxylic acids is 1. The molecule has 3 nitrogen and oxygen atoms in total. The highest BCUT2D eigenvalue weighted by atomic mass is 16.4. The smallest absolute Gasteiger partial charge is 0.0978 e. The first-order chi connectivity index (χ1) is 8.51. The van der Waals surface area contributed by atoms with E-state index in [1.54, 1.807) is 0 Å². The standard InChI is InChI=1S/C12H20N.C3H6O2/c1-5-9-13(10-6-2,11-7-3)12-8-4;1-2-3(4)5/h5-8H,1-4,9-12H2;2H2,1H3,(H,4,5)/q+1;/p-1. The summed E-state index contributed by atoms with van der Waals surface area (Å²) in [6.45, 7) is 20.4. The van der Waals surface area contributed by atoms with Gasteiger partial charge in [0.2, 0.25) is 0 Å². The minimum atomic E-state index is -0.995. The van der Waals surface area contributed by atoms with Crippen molar-refractivity contribution in [2.24, 2.45) is 0 Å². The lowest BCUT2D eigenvalue weighted by molar-refractivity contribution is -0.906. The molecular formula is C15H25NO2. The predicted molar refractivity (Wildman–Crippen MR) is 75.8 cm³/mol. The normalized spacial score (nSPS) is 9.61. The molecular weight excluding hydrogens is 226 g/mol. The lowest BCUT2D eigenvalue weighted by Gasteiger charge is -2.35. The molecule has 0 heterocycles. The summed E-state index contributed by atoms with van der Waals surface area (Å²) in [6.07, 6.45) is 7.88. The summed E-state index contributed by atoms with van der Waals surface area (Å²) < 4.78 is 0.903. The van der Waals surface area contributed by atoms with Crippen molar-refractivity contribution in [1.29, 1.82) is 0 Å². The highest BCUT2D eigenvalue weighted by molar-refractivity contribution is 5.63. The lowest BCUT2D eigenvalue weighted by atomic mass is 10.3. The monoisotopic (exact) mass is 251 g/mol. The Morgan fingerprint density at radius 1 is 0.944 bits per heavy atom. The van der Waals surface area contributed by atoms with Gasteiger partial charge >= 0.3 is 0 Å². The SMILES string of the molecule is C=CC[N+](CC=C)(CC=C)CC=C.CCC(=O)[O-]. The number of nitrogens with zero attached hydrogens (tertiary/aromatic N) is 1. The molecule has 102 valence electrons. The van der Waals surface area contributed by atoms with Crippen molar-refractivity contribution in [2.45, 2.75) is 13.3 Å². The van der Waals surface area contributed by atoms with Crippen molar-refractivity contribution < 1.29 is 14.4 Å². The Labute approximate surface area is 111 Å². The Morgan fingerprint density at radius 2 is 1.17 bits per heavy atom. The van der Waals surface area contributed by atoms with Crippen LogP contribution in [0.15, 0.2) is 50.6 Å². The van der Waals surface area contributed by atoms with Crippen molar-refractivity contribution >= 4 is 5.97 Å². The average molecular weight is 251 g/mol. The van der Waals surface area contributed by atoms with E-state index in [0.29, 0.717) is 0 Å². The van der Waals surface area contributed by atoms with Crippen LogP contribution < -0.4 is 5.11 Å². The highest BCUT2D eigenvalue weighted by Gasteiger charge is 2.20. The topological polar surface area (TPSA) is 40.1 Å². The number of aliphatic carboxylic acids is 1. The van der Waals surface area contributed by atoms with Crippen molar-refractivity contribution in [1.82, 2.24) is 0 Å². The second kappa shape index (κ2) is 11.9. The van der Waals surface area contributed by atoms with E-state index in [1.165, 1.54) is 6.92 Å². The molecule has 0 aliphatic carbocycles. The molecule has 0 radical (unpaired) electrons. The molecule has 0 N–H and O–H groups in total. The van der Waals surface area contributed by atoms with E-state index in [-0.39, 0.29) is 6.42 Å². The fourth-order valence-electron chi connectivity index (χ4n) is 1.54. The van der Waals surface area contributed by atoms with Crippen LogP contribution in [0.5, 0.6) is 0 Å². The Balaban J connectivity index is 0. The number of carbonyl (C=O) groups excluding carboxylic acids is 1. The number of carbonyl (C=O) groups is 1. The summed E-state index contributed by atoms with van der Waals surface area (Å²) in [5, 5.41) is 9.26. The van der Waals surface area contributed by atoms with Crippen LogP contribution >= 0.6 is 0 Å². The van der Waals surface area contributed by atoms with E-state index >= 15 is 0 Å². The minimum Gasteiger partial charge on any atom is -0.550 e. The van der Waals surface area contributed by atoms with Gasteiger partial charge < -0.3 is 14.4 Å². The van der Waals surface area contributed by atoms with Crippen LogP contribution in [0, 0.1) is 0 Å². The van der Waals surface area contributed by atoms with E-state index in [4.69, 9.17) is 0 Å². The van der Waals surface area contributed by atoms with Crippen molar-refractivity contribution in [2.75, 3.05) is 26.2 Å². The molecule has 0 rings (SSSR count). The molecule has 18 heavy (non-hydrogen) atoms. The van der Waals surface area contributed by atoms with Gasteiger partial charge in [-0.3, -0.25) is 0 Å². The zero-order valence-electron chi connectivity index (χ0n) is 11.4. The van der Waals surface area contributed by atoms with Gasteiger partial charge in [0.05, 0.1) is 26.2 Å². The largest absolute Gasteiger partial charge is 0.550 e. The Kier molecular flexibility index (Phi) is 12.4. The molecule has 0 spiro atoms. The van der Waals surface area contributed by atoms with E-state index in [0.717, 1.165) is 30.7 Å². The molecule has 0 atom stereocenters. The molecule has 0 aromatic carbocycles. The van der Waals surface area contributed by atoms with Crippen LogP contribution in [0.2, 0.25) is 0 Å². The maximum absolute atomic E-state index is 9.26. The fraction of sp³-hybridized carbons (Fsp3) is 0.400. The third kappa shape index (κ3) is 9.60. The lowest BCUT2D eigenvalue weighted by Crippen LogP contribution is -2.48. The van der Waals surface area contributed by atoms with Gasteiger partial charge in [-0.2, -0.15) is 0 Å². The predicted octanol–water partition coefficient (Wildman–Crippen LogP) is 1.69. The molecule has 0 aliphatic rings. The Hall–Kier alpha value is -1.61. The number of rotatable bonds is 9. The molecule has 0 saturated heterocycles. The highest BCUT2D eigenvalue weighted by Crippen LogP contribution is 2.07. The number of carboxylic acid groups (broad SMARTS) is 1. The van der Waals surface area contributed by atoms with Crippen LogP contribution in [0.3, 0.4) is 0 Å². The van der Waals surface area contributed by atoms with Crippen LogP contribution in [0.25, 0.3) is 0 Å². The Bertz CT molecular complexity index is 237. The molecule has 0 unspecified atom stereocenters. The summed E-state index contributed by atoms with van der Waals surface area (Å²) in [4.78, 5) is 9.26. The van der Waals surface area contributed by atoms with E-state index in [9.17, 15) is 9.90 Å². The second-order valence-electron chi connectivity index (χ2n) is 3.95. The zero-order chi connectivity index (χ0) is 14.4. The van der Waals surface area contributed by atoms with Gasteiger partial charge in [-0.25, -0.2) is 0 Å². The molecule has 0 bridgehead atoms. The maximum Gasteiger partial charge on any atom is 0.0978 e. The Morgan fingerprint density at radius 3 is 1.28 bits per heavy atom. The van der Waals surface area contributed by atoms with Crippen molar-refractivity contribution in [3.05, 3.63) is 50.6 Å². The van der Waals surface area contributed by atoms with E-state index < -0.39 is 5.97 Å². The molecule has 0 aromatic rings. The summed E-state index contributed by atoms with van der Waals surface area (Å²) in [5.74, 6) is -0.995. The summed E-state index contributed by atoms with van der Waals surface area (Å²) in [6, 6.07) is 0. The van der Waals surface area contributed by atoms with E-state index in [1.807, 2.05) is 24.3 Å². The third-order valence-corrected chi connectivity index (χ3v) is 2.35. The zero-order valence-corrected chi connectivity index (χ0v) is 11.4. The molecule has 0 saturated carbocycles. The van der Waals surface area contributed by atoms with Gasteiger partial charge in [-0.1, -0.05) is 33.2 Å². The molecule has 0 fully saturated rings. The molecule has 0 aromatic heterocycles.